The summed E-state index contributed by atoms with van der Waals surface area (Å²) in [6.45, 7) is 6.43. The second-order valence-corrected chi connectivity index (χ2v) is 7.45. The number of hydrogen-bond acceptors (Lipinski definition) is 6. The van der Waals surface area contributed by atoms with Crippen molar-refractivity contribution >= 4 is 5.95 Å². The Kier molecular flexibility index (Phi) is 5.64. The Labute approximate surface area is 171 Å². The molecule has 29 heavy (non-hydrogen) atoms. The van der Waals surface area contributed by atoms with Crippen molar-refractivity contribution in [2.24, 2.45) is 0 Å². The van der Waals surface area contributed by atoms with Crippen LogP contribution in [-0.2, 0) is 6.42 Å². The number of aromatic amines is 1. The van der Waals surface area contributed by atoms with Crippen LogP contribution in [0.2, 0.25) is 0 Å². The van der Waals surface area contributed by atoms with Crippen molar-refractivity contribution in [1.82, 2.24) is 20.2 Å². The van der Waals surface area contributed by atoms with E-state index in [0.717, 1.165) is 66.2 Å². The molecule has 1 saturated heterocycles. The number of H-pyrrole nitrogens is 1. The van der Waals surface area contributed by atoms with Crippen LogP contribution in [0.5, 0.6) is 11.5 Å². The highest BCUT2D eigenvalue weighted by molar-refractivity contribution is 5.39. The van der Waals surface area contributed by atoms with Crippen molar-refractivity contribution < 1.29 is 9.47 Å². The zero-order valence-electron chi connectivity index (χ0n) is 17.2. The zero-order valence-corrected chi connectivity index (χ0v) is 17.2. The molecule has 0 bridgehead atoms. The molecule has 3 heterocycles. The van der Waals surface area contributed by atoms with Crippen molar-refractivity contribution in [3.8, 4) is 11.5 Å². The van der Waals surface area contributed by atoms with Crippen molar-refractivity contribution in [1.29, 1.82) is 0 Å². The minimum Gasteiger partial charge on any atom is -0.493 e. The van der Waals surface area contributed by atoms with Gasteiger partial charge in [0.15, 0.2) is 11.5 Å². The maximum Gasteiger partial charge on any atom is 0.225 e. The fraction of sp³-hybridized carbons (Fsp3) is 0.409. The average Bonchev–Trinajstić information content (AvgIpc) is 3.37. The van der Waals surface area contributed by atoms with Crippen LogP contribution in [0, 0.1) is 13.8 Å². The summed E-state index contributed by atoms with van der Waals surface area (Å²) in [5.41, 5.74) is 4.20. The van der Waals surface area contributed by atoms with Crippen LogP contribution in [0.4, 0.5) is 5.95 Å². The molecular formula is C22H27N5O2. The second-order valence-electron chi connectivity index (χ2n) is 7.45. The van der Waals surface area contributed by atoms with E-state index in [4.69, 9.17) is 9.47 Å². The fourth-order valence-electron chi connectivity index (χ4n) is 3.76. The summed E-state index contributed by atoms with van der Waals surface area (Å²) in [5.74, 6) is 2.72. The Morgan fingerprint density at radius 2 is 1.86 bits per heavy atom. The average molecular weight is 393 g/mol. The molecule has 7 heteroatoms. The molecular weight excluding hydrogens is 366 g/mol. The van der Waals surface area contributed by atoms with Crippen LogP contribution in [0.3, 0.4) is 0 Å². The van der Waals surface area contributed by atoms with E-state index >= 15 is 0 Å². The molecule has 0 amide bonds. The highest BCUT2D eigenvalue weighted by atomic mass is 16.5. The van der Waals surface area contributed by atoms with Gasteiger partial charge >= 0.3 is 0 Å². The number of nitrogens with zero attached hydrogens (tertiary/aromatic N) is 4. The molecule has 0 spiro atoms. The molecule has 1 aliphatic rings. The molecule has 1 aromatic carbocycles. The highest BCUT2D eigenvalue weighted by Crippen LogP contribution is 2.29. The van der Waals surface area contributed by atoms with E-state index in [-0.39, 0.29) is 0 Å². The molecule has 2 aromatic heterocycles. The van der Waals surface area contributed by atoms with E-state index in [1.807, 2.05) is 44.2 Å². The maximum atomic E-state index is 5.87. The number of hydrogen-bond donors (Lipinski definition) is 1. The Morgan fingerprint density at radius 1 is 1.10 bits per heavy atom. The van der Waals surface area contributed by atoms with E-state index < -0.39 is 0 Å². The summed E-state index contributed by atoms with van der Waals surface area (Å²) in [6.07, 6.45) is 1.82. The number of aromatic nitrogens is 4. The van der Waals surface area contributed by atoms with Gasteiger partial charge in [-0.05, 0) is 44.5 Å². The predicted octanol–water partition coefficient (Wildman–Crippen LogP) is 3.44. The SMILES string of the molecule is COc1ccccc1OCCc1cc(C2CCN(c3nc(C)cc(C)n3)C2)n[nH]1. The van der Waals surface area contributed by atoms with Gasteiger partial charge < -0.3 is 14.4 Å². The molecule has 0 radical (unpaired) electrons. The first-order chi connectivity index (χ1) is 14.1. The van der Waals surface area contributed by atoms with E-state index in [0.29, 0.717) is 12.5 Å². The van der Waals surface area contributed by atoms with Crippen molar-refractivity contribution in [3.05, 3.63) is 59.2 Å². The number of anilines is 1. The van der Waals surface area contributed by atoms with Crippen LogP contribution in [0.25, 0.3) is 0 Å². The molecule has 1 aliphatic heterocycles. The highest BCUT2D eigenvalue weighted by Gasteiger charge is 2.27. The van der Waals surface area contributed by atoms with E-state index in [2.05, 4.69) is 31.1 Å². The van der Waals surface area contributed by atoms with Crippen molar-refractivity contribution in [2.45, 2.75) is 32.6 Å². The standard InChI is InChI=1S/C22H27N5O2/c1-15-12-16(2)24-22(23-15)27-10-8-17(14-27)19-13-18(25-26-19)9-11-29-21-7-5-4-6-20(21)28-3/h4-7,12-13,17H,8-11,14H2,1-3H3,(H,25,26). The molecule has 1 atom stereocenters. The Hall–Kier alpha value is -3.09. The number of aryl methyl sites for hydroxylation is 2. The minimum absolute atomic E-state index is 0.388. The van der Waals surface area contributed by atoms with Gasteiger partial charge in [0.25, 0.3) is 0 Å². The van der Waals surface area contributed by atoms with Gasteiger partial charge in [0, 0.05) is 42.5 Å². The maximum absolute atomic E-state index is 5.87. The first-order valence-corrected chi connectivity index (χ1v) is 9.99. The number of methoxy groups -OCH3 is 1. The van der Waals surface area contributed by atoms with Gasteiger partial charge in [-0.3, -0.25) is 5.10 Å². The smallest absolute Gasteiger partial charge is 0.225 e. The summed E-state index contributed by atoms with van der Waals surface area (Å²) in [4.78, 5) is 11.4. The van der Waals surface area contributed by atoms with Gasteiger partial charge in [0.1, 0.15) is 0 Å². The lowest BCUT2D eigenvalue weighted by Gasteiger charge is -2.16. The quantitative estimate of drug-likeness (QED) is 0.663. The van der Waals surface area contributed by atoms with E-state index in [1.165, 1.54) is 0 Å². The predicted molar refractivity (Wildman–Crippen MR) is 112 cm³/mol. The molecule has 3 aromatic rings. The largest absolute Gasteiger partial charge is 0.493 e. The van der Waals surface area contributed by atoms with Gasteiger partial charge in [0.2, 0.25) is 5.95 Å². The van der Waals surface area contributed by atoms with Gasteiger partial charge in [-0.15, -0.1) is 0 Å². The van der Waals surface area contributed by atoms with E-state index in [9.17, 15) is 0 Å². The monoisotopic (exact) mass is 393 g/mol. The number of benzene rings is 1. The van der Waals surface area contributed by atoms with E-state index in [1.54, 1.807) is 7.11 Å². The zero-order chi connectivity index (χ0) is 20.2. The molecule has 1 unspecified atom stereocenters. The summed E-state index contributed by atoms with van der Waals surface area (Å²) >= 11 is 0. The molecule has 1 N–H and O–H groups in total. The van der Waals surface area contributed by atoms with Crippen molar-refractivity contribution in [3.63, 3.8) is 0 Å². The molecule has 0 saturated carbocycles. The Bertz CT molecular complexity index is 951. The third-order valence-corrected chi connectivity index (χ3v) is 5.21. The minimum atomic E-state index is 0.388. The number of para-hydroxylation sites is 2. The lowest BCUT2D eigenvalue weighted by Crippen LogP contribution is -2.22. The number of nitrogens with one attached hydrogen (secondary N) is 1. The van der Waals surface area contributed by atoms with Crippen LogP contribution in [0.15, 0.2) is 36.4 Å². The van der Waals surface area contributed by atoms with Crippen LogP contribution in [0.1, 0.15) is 35.1 Å². The van der Waals surface area contributed by atoms with Gasteiger partial charge in [-0.1, -0.05) is 12.1 Å². The van der Waals surface area contributed by atoms with Crippen molar-refractivity contribution in [2.75, 3.05) is 31.7 Å². The Balaban J connectivity index is 1.33. The molecule has 7 nitrogen and oxygen atoms in total. The lowest BCUT2D eigenvalue weighted by atomic mass is 10.0. The molecule has 4 rings (SSSR count). The van der Waals surface area contributed by atoms with Crippen LogP contribution < -0.4 is 14.4 Å². The first-order valence-electron chi connectivity index (χ1n) is 9.99. The van der Waals surface area contributed by atoms with Crippen LogP contribution >= 0.6 is 0 Å². The summed E-state index contributed by atoms with van der Waals surface area (Å²) in [6, 6.07) is 11.8. The fourth-order valence-corrected chi connectivity index (χ4v) is 3.76. The second kappa shape index (κ2) is 8.51. The summed E-state index contributed by atoms with van der Waals surface area (Å²) in [7, 11) is 1.65. The number of rotatable bonds is 7. The molecule has 0 aliphatic carbocycles. The Morgan fingerprint density at radius 3 is 2.62 bits per heavy atom. The molecule has 152 valence electrons. The topological polar surface area (TPSA) is 76.2 Å². The normalized spacial score (nSPS) is 16.2. The van der Waals surface area contributed by atoms with Gasteiger partial charge in [-0.25, -0.2) is 9.97 Å². The summed E-state index contributed by atoms with van der Waals surface area (Å²) < 4.78 is 11.2. The van der Waals surface area contributed by atoms with Gasteiger partial charge in [-0.2, -0.15) is 5.10 Å². The van der Waals surface area contributed by atoms with Gasteiger partial charge in [0.05, 0.1) is 19.4 Å². The third kappa shape index (κ3) is 4.50. The summed E-state index contributed by atoms with van der Waals surface area (Å²) in [5, 5.41) is 7.71. The number of ether oxygens (including phenoxy) is 2. The molecule has 1 fully saturated rings. The first kappa shape index (κ1) is 19.2. The van der Waals surface area contributed by atoms with Crippen LogP contribution in [-0.4, -0.2) is 47.0 Å². The lowest BCUT2D eigenvalue weighted by molar-refractivity contribution is 0.296. The third-order valence-electron chi connectivity index (χ3n) is 5.21.